The first-order valence-electron chi connectivity index (χ1n) is 8.71. The summed E-state index contributed by atoms with van der Waals surface area (Å²) in [5, 5.41) is 12.4. The van der Waals surface area contributed by atoms with E-state index in [-0.39, 0.29) is 17.2 Å². The molecule has 1 amide bonds. The lowest BCUT2D eigenvalue weighted by Crippen LogP contribution is -2.41. The van der Waals surface area contributed by atoms with Crippen LogP contribution in [-0.4, -0.2) is 36.9 Å². The highest BCUT2D eigenvalue weighted by molar-refractivity contribution is 7.99. The summed E-state index contributed by atoms with van der Waals surface area (Å²) in [7, 11) is 0. The van der Waals surface area contributed by atoms with E-state index >= 15 is 0 Å². The Bertz CT molecular complexity index is 931. The molecule has 6 nitrogen and oxygen atoms in total. The van der Waals surface area contributed by atoms with Crippen LogP contribution in [0.4, 0.5) is 0 Å². The number of nitrogens with zero attached hydrogens (tertiary/aromatic N) is 4. The molecule has 0 aliphatic heterocycles. The van der Waals surface area contributed by atoms with Crippen molar-refractivity contribution in [1.82, 2.24) is 25.1 Å². The molecule has 2 heterocycles. The Balaban J connectivity index is 1.96. The maximum atomic E-state index is 12.2. The van der Waals surface area contributed by atoms with E-state index in [0.717, 1.165) is 16.8 Å². The molecular weight excluding hydrogens is 358 g/mol. The minimum atomic E-state index is -0.262. The van der Waals surface area contributed by atoms with Crippen LogP contribution in [0.25, 0.3) is 17.1 Å². The number of amides is 1. The highest BCUT2D eigenvalue weighted by atomic mass is 32.2. The van der Waals surface area contributed by atoms with Gasteiger partial charge in [-0.05, 0) is 51.5 Å². The van der Waals surface area contributed by atoms with Crippen LogP contribution in [0.2, 0.25) is 0 Å². The third kappa shape index (κ3) is 4.74. The average molecular weight is 382 g/mol. The zero-order chi connectivity index (χ0) is 19.4. The van der Waals surface area contributed by atoms with Crippen molar-refractivity contribution in [2.45, 2.75) is 38.4 Å². The summed E-state index contributed by atoms with van der Waals surface area (Å²) < 4.78 is 1.99. The molecule has 3 aromatic rings. The summed E-state index contributed by atoms with van der Waals surface area (Å²) in [6.07, 6.45) is 3.49. The second-order valence-electron chi connectivity index (χ2n) is 7.26. The number of hydrogen-bond acceptors (Lipinski definition) is 5. The van der Waals surface area contributed by atoms with Crippen LogP contribution < -0.4 is 5.32 Å². The molecule has 0 aliphatic carbocycles. The van der Waals surface area contributed by atoms with E-state index in [9.17, 15) is 4.79 Å². The average Bonchev–Trinajstić information content (AvgIpc) is 3.03. The van der Waals surface area contributed by atoms with E-state index in [2.05, 4.69) is 20.5 Å². The number of carbonyl (C=O) groups is 1. The molecule has 7 heteroatoms. The third-order valence-electron chi connectivity index (χ3n) is 3.76. The second-order valence-corrected chi connectivity index (χ2v) is 8.20. The summed E-state index contributed by atoms with van der Waals surface area (Å²) in [6.45, 7) is 7.94. The molecule has 140 valence electrons. The predicted octanol–water partition coefficient (Wildman–Crippen LogP) is 3.64. The Labute approximate surface area is 163 Å². The lowest BCUT2D eigenvalue weighted by atomic mass is 10.1. The van der Waals surface area contributed by atoms with E-state index in [4.69, 9.17) is 0 Å². The SMILES string of the molecule is Cc1ccccc1-n1c(SCC(=O)NC(C)(C)C)nnc1-c1cccnc1. The number of pyridine rings is 1. The smallest absolute Gasteiger partial charge is 0.230 e. The first-order valence-corrected chi connectivity index (χ1v) is 9.69. The van der Waals surface area contributed by atoms with Crippen LogP contribution in [0.1, 0.15) is 26.3 Å². The van der Waals surface area contributed by atoms with Crippen LogP contribution >= 0.6 is 11.8 Å². The molecule has 0 aliphatic rings. The number of aromatic nitrogens is 4. The molecule has 1 N–H and O–H groups in total. The summed E-state index contributed by atoms with van der Waals surface area (Å²) in [4.78, 5) is 16.4. The second kappa shape index (κ2) is 7.92. The van der Waals surface area contributed by atoms with Crippen molar-refractivity contribution in [3.8, 4) is 17.1 Å². The van der Waals surface area contributed by atoms with Crippen LogP contribution in [0, 0.1) is 6.92 Å². The number of rotatable bonds is 5. The number of benzene rings is 1. The number of para-hydroxylation sites is 1. The van der Waals surface area contributed by atoms with E-state index in [1.807, 2.05) is 68.7 Å². The summed E-state index contributed by atoms with van der Waals surface area (Å²) in [6, 6.07) is 11.9. The molecule has 27 heavy (non-hydrogen) atoms. The lowest BCUT2D eigenvalue weighted by molar-refractivity contribution is -0.119. The van der Waals surface area contributed by atoms with Gasteiger partial charge in [-0.3, -0.25) is 14.3 Å². The molecule has 0 spiro atoms. The van der Waals surface area contributed by atoms with Gasteiger partial charge >= 0.3 is 0 Å². The molecule has 0 bridgehead atoms. The van der Waals surface area contributed by atoms with Gasteiger partial charge in [0.25, 0.3) is 0 Å². The molecule has 0 fully saturated rings. The highest BCUT2D eigenvalue weighted by Crippen LogP contribution is 2.29. The van der Waals surface area contributed by atoms with Crippen LogP contribution in [0.15, 0.2) is 53.9 Å². The van der Waals surface area contributed by atoms with Gasteiger partial charge in [0, 0.05) is 23.5 Å². The first-order chi connectivity index (χ1) is 12.8. The van der Waals surface area contributed by atoms with Crippen molar-refractivity contribution in [3.63, 3.8) is 0 Å². The zero-order valence-corrected chi connectivity index (χ0v) is 16.7. The van der Waals surface area contributed by atoms with Crippen molar-refractivity contribution >= 4 is 17.7 Å². The van der Waals surface area contributed by atoms with Crippen molar-refractivity contribution in [1.29, 1.82) is 0 Å². The highest BCUT2D eigenvalue weighted by Gasteiger charge is 2.20. The Morgan fingerprint density at radius 1 is 1.15 bits per heavy atom. The van der Waals surface area contributed by atoms with E-state index < -0.39 is 0 Å². The summed E-state index contributed by atoms with van der Waals surface area (Å²) in [5.74, 6) is 0.944. The molecule has 2 aromatic heterocycles. The van der Waals surface area contributed by atoms with Crippen molar-refractivity contribution in [2.24, 2.45) is 0 Å². The molecule has 0 unspecified atom stereocenters. The Morgan fingerprint density at radius 3 is 2.59 bits per heavy atom. The van der Waals surface area contributed by atoms with Crippen molar-refractivity contribution in [3.05, 3.63) is 54.4 Å². The third-order valence-corrected chi connectivity index (χ3v) is 4.69. The standard InChI is InChI=1S/C20H23N5OS/c1-14-8-5-6-10-16(14)25-18(15-9-7-11-21-12-15)23-24-19(25)27-13-17(26)22-20(2,3)4/h5-12H,13H2,1-4H3,(H,22,26). The van der Waals surface area contributed by atoms with Gasteiger partial charge in [0.15, 0.2) is 11.0 Å². The fraction of sp³-hybridized carbons (Fsp3) is 0.300. The molecular formula is C20H23N5OS. The maximum absolute atomic E-state index is 12.2. The monoisotopic (exact) mass is 381 g/mol. The zero-order valence-electron chi connectivity index (χ0n) is 15.9. The van der Waals surface area contributed by atoms with Gasteiger partial charge in [-0.1, -0.05) is 30.0 Å². The molecule has 0 saturated carbocycles. The van der Waals surface area contributed by atoms with Crippen molar-refractivity contribution < 1.29 is 4.79 Å². The fourth-order valence-corrected chi connectivity index (χ4v) is 3.41. The molecule has 0 saturated heterocycles. The number of carbonyl (C=O) groups excluding carboxylic acids is 1. The molecule has 0 atom stereocenters. The normalized spacial score (nSPS) is 11.4. The van der Waals surface area contributed by atoms with Crippen LogP contribution in [0.5, 0.6) is 0 Å². The topological polar surface area (TPSA) is 72.7 Å². The Kier molecular flexibility index (Phi) is 5.60. The van der Waals surface area contributed by atoms with Gasteiger partial charge < -0.3 is 5.32 Å². The number of hydrogen-bond donors (Lipinski definition) is 1. The molecule has 0 radical (unpaired) electrons. The van der Waals surface area contributed by atoms with Gasteiger partial charge in [0.05, 0.1) is 11.4 Å². The van der Waals surface area contributed by atoms with E-state index in [1.165, 1.54) is 11.8 Å². The van der Waals surface area contributed by atoms with Crippen molar-refractivity contribution in [2.75, 3.05) is 5.75 Å². The number of aryl methyl sites for hydroxylation is 1. The summed E-state index contributed by atoms with van der Waals surface area (Å²) in [5.41, 5.74) is 2.70. The Hall–Kier alpha value is -2.67. The molecule has 3 rings (SSSR count). The number of nitrogens with one attached hydrogen (secondary N) is 1. The largest absolute Gasteiger partial charge is 0.351 e. The van der Waals surface area contributed by atoms with Gasteiger partial charge in [0.1, 0.15) is 0 Å². The maximum Gasteiger partial charge on any atom is 0.230 e. The summed E-state index contributed by atoms with van der Waals surface area (Å²) >= 11 is 1.37. The van der Waals surface area contributed by atoms with Crippen LogP contribution in [-0.2, 0) is 4.79 Å². The minimum Gasteiger partial charge on any atom is -0.351 e. The minimum absolute atomic E-state index is 0.0326. The van der Waals surface area contributed by atoms with E-state index in [1.54, 1.807) is 12.4 Å². The molecule has 1 aromatic carbocycles. The van der Waals surface area contributed by atoms with Crippen LogP contribution in [0.3, 0.4) is 0 Å². The van der Waals surface area contributed by atoms with Gasteiger partial charge in [0.2, 0.25) is 5.91 Å². The van der Waals surface area contributed by atoms with Gasteiger partial charge in [-0.2, -0.15) is 0 Å². The van der Waals surface area contributed by atoms with E-state index in [0.29, 0.717) is 11.0 Å². The Morgan fingerprint density at radius 2 is 1.93 bits per heavy atom. The number of thioether (sulfide) groups is 1. The predicted molar refractivity (Wildman–Crippen MR) is 108 cm³/mol. The fourth-order valence-electron chi connectivity index (χ4n) is 2.66. The lowest BCUT2D eigenvalue weighted by Gasteiger charge is -2.20. The van der Waals surface area contributed by atoms with Gasteiger partial charge in [-0.15, -0.1) is 10.2 Å². The van der Waals surface area contributed by atoms with Gasteiger partial charge in [-0.25, -0.2) is 0 Å². The quantitative estimate of drug-likeness (QED) is 0.683. The first kappa shape index (κ1) is 19.1.